The average Bonchev–Trinajstić information content (AvgIpc) is 2.61. The average molecular weight is 345 g/mol. The minimum absolute atomic E-state index is 0.0536. The minimum Gasteiger partial charge on any atom is -0.385 e. The van der Waals surface area contributed by atoms with Gasteiger partial charge < -0.3 is 15.7 Å². The first kappa shape index (κ1) is 18.4. The summed E-state index contributed by atoms with van der Waals surface area (Å²) in [4.78, 5) is 12.1. The summed E-state index contributed by atoms with van der Waals surface area (Å²) in [7, 11) is 0. The zero-order valence-corrected chi connectivity index (χ0v) is 13.2. The first-order valence-corrected chi connectivity index (χ1v) is 7.57. The maximum Gasteiger partial charge on any atom is 0.319 e. The van der Waals surface area contributed by atoms with Crippen LogP contribution in [0.1, 0.15) is 11.1 Å². The van der Waals surface area contributed by atoms with Gasteiger partial charge in [0.1, 0.15) is 6.10 Å². The van der Waals surface area contributed by atoms with Gasteiger partial charge in [0.25, 0.3) is 6.43 Å². The second-order valence-electron chi connectivity index (χ2n) is 5.41. The van der Waals surface area contributed by atoms with Gasteiger partial charge in [0, 0.05) is 5.69 Å². The number of carbonyl (C=O) groups is 1. The smallest absolute Gasteiger partial charge is 0.319 e. The number of halogens is 2. The number of rotatable bonds is 6. The third-order valence-electron chi connectivity index (χ3n) is 3.53. The largest absolute Gasteiger partial charge is 0.385 e. The van der Waals surface area contributed by atoms with E-state index in [0.717, 1.165) is 0 Å². The van der Waals surface area contributed by atoms with Crippen LogP contribution in [0.2, 0.25) is 0 Å². The van der Waals surface area contributed by atoms with Crippen molar-refractivity contribution in [1.29, 1.82) is 5.26 Å². The number of aliphatic hydroxyl groups is 1. The molecule has 2 aromatic rings. The van der Waals surface area contributed by atoms with Crippen molar-refractivity contribution < 1.29 is 18.7 Å². The van der Waals surface area contributed by atoms with Crippen LogP contribution < -0.4 is 10.6 Å². The first-order valence-electron chi connectivity index (χ1n) is 7.57. The molecule has 0 bridgehead atoms. The summed E-state index contributed by atoms with van der Waals surface area (Å²) in [6.07, 6.45) is -4.94. The molecule has 25 heavy (non-hydrogen) atoms. The highest BCUT2D eigenvalue weighted by Gasteiger charge is 2.29. The molecule has 0 fully saturated rings. The van der Waals surface area contributed by atoms with E-state index in [1.54, 1.807) is 48.5 Å². The molecule has 0 saturated carbocycles. The Morgan fingerprint density at radius 3 is 2.52 bits per heavy atom. The molecule has 3 N–H and O–H groups in total. The fraction of sp³-hybridized carbons (Fsp3) is 0.222. The Morgan fingerprint density at radius 2 is 1.88 bits per heavy atom. The third-order valence-corrected chi connectivity index (χ3v) is 3.53. The van der Waals surface area contributed by atoms with Crippen molar-refractivity contribution in [2.24, 2.45) is 0 Å². The molecule has 130 valence electrons. The zero-order chi connectivity index (χ0) is 18.2. The lowest BCUT2D eigenvalue weighted by Gasteiger charge is -2.24. The number of alkyl halides is 2. The predicted molar refractivity (Wildman–Crippen MR) is 89.3 cm³/mol. The number of hydrogen-bond donors (Lipinski definition) is 3. The Kier molecular flexibility index (Phi) is 6.43. The molecule has 0 aliphatic carbocycles. The lowest BCUT2D eigenvalue weighted by molar-refractivity contribution is -0.0232. The number of nitrogens with one attached hydrogen (secondary N) is 2. The van der Waals surface area contributed by atoms with Gasteiger partial charge >= 0.3 is 6.03 Å². The van der Waals surface area contributed by atoms with Gasteiger partial charge in [-0.05, 0) is 30.2 Å². The van der Waals surface area contributed by atoms with Gasteiger partial charge in [-0.2, -0.15) is 5.26 Å². The summed E-state index contributed by atoms with van der Waals surface area (Å²) in [6, 6.07) is 14.9. The number of hydrogen-bond acceptors (Lipinski definition) is 3. The molecule has 2 rings (SSSR count). The monoisotopic (exact) mass is 345 g/mol. The van der Waals surface area contributed by atoms with Crippen LogP contribution in [0.5, 0.6) is 0 Å². The van der Waals surface area contributed by atoms with Gasteiger partial charge in [-0.25, -0.2) is 13.6 Å². The fourth-order valence-corrected chi connectivity index (χ4v) is 2.30. The van der Waals surface area contributed by atoms with E-state index in [9.17, 15) is 18.7 Å². The molecule has 0 aromatic heterocycles. The molecule has 0 radical (unpaired) electrons. The number of nitrogens with zero attached hydrogens (tertiary/aromatic N) is 1. The van der Waals surface area contributed by atoms with Gasteiger partial charge in [0.05, 0.1) is 17.7 Å². The summed E-state index contributed by atoms with van der Waals surface area (Å²) in [5.41, 5.74) is 1.41. The molecule has 0 spiro atoms. The van der Waals surface area contributed by atoms with E-state index < -0.39 is 24.6 Å². The van der Waals surface area contributed by atoms with Gasteiger partial charge in [0.15, 0.2) is 0 Å². The maximum absolute atomic E-state index is 12.9. The van der Waals surface area contributed by atoms with Crippen molar-refractivity contribution >= 4 is 11.7 Å². The van der Waals surface area contributed by atoms with Crippen LogP contribution in [0.3, 0.4) is 0 Å². The van der Waals surface area contributed by atoms with E-state index in [1.165, 1.54) is 6.07 Å². The lowest BCUT2D eigenvalue weighted by atomic mass is 10.0. The van der Waals surface area contributed by atoms with Crippen molar-refractivity contribution in [2.75, 3.05) is 5.32 Å². The van der Waals surface area contributed by atoms with Gasteiger partial charge in [-0.15, -0.1) is 0 Å². The van der Waals surface area contributed by atoms with E-state index in [0.29, 0.717) is 16.8 Å². The Balaban J connectivity index is 2.07. The van der Waals surface area contributed by atoms with Crippen LogP contribution in [0.4, 0.5) is 19.3 Å². The normalized spacial score (nSPS) is 12.9. The molecule has 0 heterocycles. The van der Waals surface area contributed by atoms with Gasteiger partial charge in [-0.3, -0.25) is 0 Å². The number of carbonyl (C=O) groups excluding carboxylic acids is 1. The molecule has 0 aliphatic rings. The molecule has 7 heteroatoms. The molecular weight excluding hydrogens is 328 g/mol. The summed E-state index contributed by atoms with van der Waals surface area (Å²) in [6.45, 7) is 0. The summed E-state index contributed by atoms with van der Waals surface area (Å²) < 4.78 is 25.8. The Morgan fingerprint density at radius 1 is 1.16 bits per heavy atom. The van der Waals surface area contributed by atoms with E-state index in [4.69, 9.17) is 5.26 Å². The molecule has 2 atom stereocenters. The van der Waals surface area contributed by atoms with Crippen molar-refractivity contribution in [1.82, 2.24) is 5.32 Å². The van der Waals surface area contributed by atoms with Gasteiger partial charge in [-0.1, -0.05) is 36.4 Å². The minimum atomic E-state index is -2.99. The number of amides is 2. The second kappa shape index (κ2) is 8.76. The Bertz CT molecular complexity index is 747. The molecule has 0 saturated heterocycles. The predicted octanol–water partition coefficient (Wildman–Crippen LogP) is 2.92. The topological polar surface area (TPSA) is 85.2 Å². The highest BCUT2D eigenvalue weighted by Crippen LogP contribution is 2.13. The maximum atomic E-state index is 12.9. The van der Waals surface area contributed by atoms with Crippen molar-refractivity contribution in [2.45, 2.75) is 25.0 Å². The Hall–Kier alpha value is -2.98. The number of aliphatic hydroxyl groups excluding tert-OH is 1. The first-order chi connectivity index (χ1) is 12.0. The summed E-state index contributed by atoms with van der Waals surface area (Å²) in [5, 5.41) is 23.4. The second-order valence-corrected chi connectivity index (χ2v) is 5.41. The molecular formula is C18H17F2N3O2. The van der Waals surface area contributed by atoms with Crippen LogP contribution in [-0.2, 0) is 6.42 Å². The SMILES string of the molecule is N#Cc1cccc(NC(=O)N[C@H](Cc2ccccc2)[C@H](O)C(F)F)c1. The van der Waals surface area contributed by atoms with Crippen molar-refractivity contribution in [3.05, 3.63) is 65.7 Å². The zero-order valence-electron chi connectivity index (χ0n) is 13.2. The van der Waals surface area contributed by atoms with E-state index in [-0.39, 0.29) is 6.42 Å². The van der Waals surface area contributed by atoms with Crippen LogP contribution in [0.15, 0.2) is 54.6 Å². The standard InChI is InChI=1S/C18H17F2N3O2/c19-17(20)16(24)15(10-12-5-2-1-3-6-12)23-18(25)22-14-8-4-7-13(9-14)11-21/h1-9,15-17,24H,10H2,(H2,22,23,25)/t15-,16+/m1/s1. The van der Waals surface area contributed by atoms with Crippen LogP contribution in [0, 0.1) is 11.3 Å². The number of urea groups is 1. The number of nitriles is 1. The van der Waals surface area contributed by atoms with Crippen LogP contribution >= 0.6 is 0 Å². The van der Waals surface area contributed by atoms with Crippen molar-refractivity contribution in [3.8, 4) is 6.07 Å². The molecule has 2 amide bonds. The Labute approximate surface area is 143 Å². The molecule has 2 aromatic carbocycles. The van der Waals surface area contributed by atoms with E-state index in [2.05, 4.69) is 10.6 Å². The molecule has 0 unspecified atom stereocenters. The fourth-order valence-electron chi connectivity index (χ4n) is 2.30. The van der Waals surface area contributed by atoms with Crippen LogP contribution in [0.25, 0.3) is 0 Å². The van der Waals surface area contributed by atoms with Crippen molar-refractivity contribution in [3.63, 3.8) is 0 Å². The van der Waals surface area contributed by atoms with E-state index >= 15 is 0 Å². The highest BCUT2D eigenvalue weighted by molar-refractivity contribution is 5.89. The lowest BCUT2D eigenvalue weighted by Crippen LogP contribution is -2.49. The van der Waals surface area contributed by atoms with Gasteiger partial charge in [0.2, 0.25) is 0 Å². The highest BCUT2D eigenvalue weighted by atomic mass is 19.3. The summed E-state index contributed by atoms with van der Waals surface area (Å²) in [5.74, 6) is 0. The molecule has 0 aliphatic heterocycles. The molecule has 5 nitrogen and oxygen atoms in total. The van der Waals surface area contributed by atoms with E-state index in [1.807, 2.05) is 6.07 Å². The van der Waals surface area contributed by atoms with Crippen LogP contribution in [-0.4, -0.2) is 29.7 Å². The number of anilines is 1. The quantitative estimate of drug-likeness (QED) is 0.752. The third kappa shape index (κ3) is 5.55. The summed E-state index contributed by atoms with van der Waals surface area (Å²) >= 11 is 0. The number of benzene rings is 2.